The first kappa shape index (κ1) is 22.3. The van der Waals surface area contributed by atoms with Gasteiger partial charge in [-0.3, -0.25) is 9.59 Å². The van der Waals surface area contributed by atoms with Gasteiger partial charge in [-0.2, -0.15) is 4.31 Å². The number of rotatable bonds is 6. The van der Waals surface area contributed by atoms with Crippen molar-refractivity contribution in [3.8, 4) is 0 Å². The summed E-state index contributed by atoms with van der Waals surface area (Å²) in [7, 11) is -2.41. The standard InChI is InChI=1S/C21H25N3O4S2/c1-15-9-10-17(11-16(15)2)22-21(26)19-13-29-14-24(19)20(25)12-23(3)30(27,28)18-7-5-4-6-8-18/h4-11,19H,12-14H2,1-3H3,(H,22,26)/t19-/m1/s1. The van der Waals surface area contributed by atoms with Crippen molar-refractivity contribution in [3.05, 3.63) is 59.7 Å². The van der Waals surface area contributed by atoms with Crippen LogP contribution in [0.15, 0.2) is 53.4 Å². The summed E-state index contributed by atoms with van der Waals surface area (Å²) < 4.78 is 26.4. The van der Waals surface area contributed by atoms with Gasteiger partial charge in [-0.1, -0.05) is 24.3 Å². The van der Waals surface area contributed by atoms with Gasteiger partial charge >= 0.3 is 0 Å². The van der Waals surface area contributed by atoms with E-state index in [2.05, 4.69) is 5.32 Å². The highest BCUT2D eigenvalue weighted by Crippen LogP contribution is 2.24. The van der Waals surface area contributed by atoms with Crippen molar-refractivity contribution in [2.24, 2.45) is 0 Å². The molecule has 1 aliphatic heterocycles. The summed E-state index contributed by atoms with van der Waals surface area (Å²) in [5, 5.41) is 2.87. The second-order valence-corrected chi connectivity index (χ2v) is 10.3. The van der Waals surface area contributed by atoms with Crippen LogP contribution in [0.3, 0.4) is 0 Å². The molecule has 3 rings (SSSR count). The summed E-state index contributed by atoms with van der Waals surface area (Å²) in [6, 6.07) is 13.0. The van der Waals surface area contributed by atoms with Gasteiger partial charge in [0.2, 0.25) is 21.8 Å². The van der Waals surface area contributed by atoms with Gasteiger partial charge in [0, 0.05) is 18.5 Å². The maximum absolute atomic E-state index is 12.8. The number of thioether (sulfide) groups is 1. The Morgan fingerprint density at radius 3 is 2.50 bits per heavy atom. The van der Waals surface area contributed by atoms with Gasteiger partial charge in [0.1, 0.15) is 6.04 Å². The molecule has 1 saturated heterocycles. The molecule has 0 bridgehead atoms. The van der Waals surface area contributed by atoms with Crippen molar-refractivity contribution in [2.45, 2.75) is 24.8 Å². The Labute approximate surface area is 181 Å². The molecule has 1 atom stereocenters. The zero-order chi connectivity index (χ0) is 21.9. The minimum Gasteiger partial charge on any atom is -0.324 e. The summed E-state index contributed by atoms with van der Waals surface area (Å²) in [6.07, 6.45) is 0. The van der Waals surface area contributed by atoms with E-state index in [0.29, 0.717) is 17.3 Å². The van der Waals surface area contributed by atoms with Crippen molar-refractivity contribution in [1.82, 2.24) is 9.21 Å². The summed E-state index contributed by atoms with van der Waals surface area (Å²) >= 11 is 1.47. The van der Waals surface area contributed by atoms with Crippen LogP contribution in [0.25, 0.3) is 0 Å². The first-order valence-electron chi connectivity index (χ1n) is 9.47. The van der Waals surface area contributed by atoms with Crippen molar-refractivity contribution < 1.29 is 18.0 Å². The molecule has 7 nitrogen and oxygen atoms in total. The third kappa shape index (κ3) is 4.85. The molecule has 0 radical (unpaired) electrons. The number of amides is 2. The van der Waals surface area contributed by atoms with Crippen LogP contribution in [0.4, 0.5) is 5.69 Å². The smallest absolute Gasteiger partial charge is 0.248 e. The van der Waals surface area contributed by atoms with E-state index >= 15 is 0 Å². The average molecular weight is 448 g/mol. The van der Waals surface area contributed by atoms with Crippen LogP contribution >= 0.6 is 11.8 Å². The fourth-order valence-electron chi connectivity index (χ4n) is 3.09. The summed E-state index contributed by atoms with van der Waals surface area (Å²) in [5.74, 6) is 0.146. The van der Waals surface area contributed by atoms with Crippen molar-refractivity contribution in [1.29, 1.82) is 0 Å². The van der Waals surface area contributed by atoms with E-state index in [0.717, 1.165) is 15.4 Å². The lowest BCUT2D eigenvalue weighted by molar-refractivity contribution is -0.136. The van der Waals surface area contributed by atoms with Gasteiger partial charge < -0.3 is 10.2 Å². The van der Waals surface area contributed by atoms with E-state index in [-0.39, 0.29) is 17.3 Å². The first-order chi connectivity index (χ1) is 14.2. The van der Waals surface area contributed by atoms with E-state index in [9.17, 15) is 18.0 Å². The molecular formula is C21H25N3O4S2. The fourth-order valence-corrected chi connectivity index (χ4v) is 5.41. The Hall–Kier alpha value is -2.36. The number of benzene rings is 2. The van der Waals surface area contributed by atoms with Crippen LogP contribution in [0.5, 0.6) is 0 Å². The number of sulfonamides is 1. The van der Waals surface area contributed by atoms with Crippen molar-refractivity contribution >= 4 is 39.3 Å². The molecule has 30 heavy (non-hydrogen) atoms. The summed E-state index contributed by atoms with van der Waals surface area (Å²) in [4.78, 5) is 27.2. The third-order valence-corrected chi connectivity index (χ3v) is 7.92. The number of carbonyl (C=O) groups excluding carboxylic acids is 2. The van der Waals surface area contributed by atoms with Gasteiger partial charge in [0.15, 0.2) is 0 Å². The van der Waals surface area contributed by atoms with Gasteiger partial charge in [-0.15, -0.1) is 11.8 Å². The summed E-state index contributed by atoms with van der Waals surface area (Å²) in [6.45, 7) is 3.63. The van der Waals surface area contributed by atoms with Gasteiger partial charge in [-0.25, -0.2) is 8.42 Å². The van der Waals surface area contributed by atoms with Gasteiger partial charge in [0.05, 0.1) is 17.3 Å². The highest BCUT2D eigenvalue weighted by molar-refractivity contribution is 7.99. The molecule has 1 fully saturated rings. The normalized spacial score (nSPS) is 16.7. The van der Waals surface area contributed by atoms with Crippen LogP contribution in [0, 0.1) is 13.8 Å². The van der Waals surface area contributed by atoms with Crippen LogP contribution in [0.2, 0.25) is 0 Å². The number of nitrogens with one attached hydrogen (secondary N) is 1. The molecule has 2 aromatic carbocycles. The van der Waals surface area contributed by atoms with E-state index in [4.69, 9.17) is 0 Å². The van der Waals surface area contributed by atoms with E-state index < -0.39 is 22.0 Å². The Morgan fingerprint density at radius 1 is 1.13 bits per heavy atom. The molecular weight excluding hydrogens is 422 g/mol. The van der Waals surface area contributed by atoms with Crippen molar-refractivity contribution in [2.75, 3.05) is 30.5 Å². The first-order valence-corrected chi connectivity index (χ1v) is 12.1. The highest BCUT2D eigenvalue weighted by atomic mass is 32.2. The molecule has 0 saturated carbocycles. The predicted molar refractivity (Wildman–Crippen MR) is 119 cm³/mol. The Kier molecular flexibility index (Phi) is 6.84. The lowest BCUT2D eigenvalue weighted by Gasteiger charge is -2.25. The molecule has 0 unspecified atom stereocenters. The zero-order valence-electron chi connectivity index (χ0n) is 17.2. The second kappa shape index (κ2) is 9.20. The molecule has 0 aliphatic carbocycles. The summed E-state index contributed by atoms with van der Waals surface area (Å²) in [5.41, 5.74) is 2.87. The Balaban J connectivity index is 1.67. The molecule has 9 heteroatoms. The molecule has 1 heterocycles. The third-order valence-electron chi connectivity index (χ3n) is 5.09. The molecule has 2 amide bonds. The molecule has 160 valence electrons. The Bertz CT molecular complexity index is 1040. The molecule has 1 aliphatic rings. The monoisotopic (exact) mass is 447 g/mol. The minimum absolute atomic E-state index is 0.125. The van der Waals surface area contributed by atoms with Crippen LogP contribution in [0.1, 0.15) is 11.1 Å². The highest BCUT2D eigenvalue weighted by Gasteiger charge is 2.36. The van der Waals surface area contributed by atoms with Crippen LogP contribution < -0.4 is 5.32 Å². The quantitative estimate of drug-likeness (QED) is 0.735. The molecule has 1 N–H and O–H groups in total. The number of carbonyl (C=O) groups is 2. The topological polar surface area (TPSA) is 86.8 Å². The maximum Gasteiger partial charge on any atom is 0.248 e. The molecule has 0 aromatic heterocycles. The predicted octanol–water partition coefficient (Wildman–Crippen LogP) is 2.46. The fraction of sp³-hybridized carbons (Fsp3) is 0.333. The average Bonchev–Trinajstić information content (AvgIpc) is 3.21. The Morgan fingerprint density at radius 2 is 1.83 bits per heavy atom. The van der Waals surface area contributed by atoms with E-state index in [1.165, 1.54) is 35.8 Å². The SMILES string of the molecule is Cc1ccc(NC(=O)[C@H]2CSCN2C(=O)CN(C)S(=O)(=O)c2ccccc2)cc1C. The van der Waals surface area contributed by atoms with Gasteiger partial charge in [-0.05, 0) is 49.2 Å². The number of likely N-dealkylation sites (N-methyl/N-ethyl adjacent to an activating group) is 1. The number of anilines is 1. The number of hydrogen-bond acceptors (Lipinski definition) is 5. The molecule has 0 spiro atoms. The van der Waals surface area contributed by atoms with Crippen LogP contribution in [-0.4, -0.2) is 60.7 Å². The number of hydrogen-bond donors (Lipinski definition) is 1. The minimum atomic E-state index is -3.78. The van der Waals surface area contributed by atoms with Gasteiger partial charge in [0.25, 0.3) is 0 Å². The lowest BCUT2D eigenvalue weighted by atomic mass is 10.1. The second-order valence-electron chi connectivity index (χ2n) is 7.24. The number of nitrogens with zero attached hydrogens (tertiary/aromatic N) is 2. The largest absolute Gasteiger partial charge is 0.324 e. The zero-order valence-corrected chi connectivity index (χ0v) is 18.8. The number of aryl methyl sites for hydroxylation is 2. The molecule has 2 aromatic rings. The van der Waals surface area contributed by atoms with Crippen LogP contribution in [-0.2, 0) is 19.6 Å². The van der Waals surface area contributed by atoms with E-state index in [1.807, 2.05) is 32.0 Å². The lowest BCUT2D eigenvalue weighted by Crippen LogP contribution is -2.48. The van der Waals surface area contributed by atoms with E-state index in [1.54, 1.807) is 18.2 Å². The maximum atomic E-state index is 12.8. The van der Waals surface area contributed by atoms with Crippen molar-refractivity contribution in [3.63, 3.8) is 0 Å².